The fraction of sp³-hybridized carbons (Fsp3) is 0.600. The van der Waals surface area contributed by atoms with Crippen molar-refractivity contribution in [3.63, 3.8) is 0 Å². The summed E-state index contributed by atoms with van der Waals surface area (Å²) in [6.45, 7) is 0. The molecule has 0 aromatic heterocycles. The smallest absolute Gasteiger partial charge is 0.312 e. The predicted molar refractivity (Wildman–Crippen MR) is 37.6 cm³/mol. The fourth-order valence-corrected chi connectivity index (χ4v) is 0.879. The van der Waals surface area contributed by atoms with Gasteiger partial charge in [0.15, 0.2) is 0 Å². The van der Waals surface area contributed by atoms with Crippen LogP contribution >= 0.6 is 0 Å². The van der Waals surface area contributed by atoms with Crippen molar-refractivity contribution in [2.75, 3.05) is 0 Å². The average Bonchev–Trinajstić information content (AvgIpc) is 2.43. The van der Waals surface area contributed by atoms with Crippen LogP contribution in [0.5, 0.6) is 0 Å². The number of hydrogen-bond donors (Lipinski definition) is 4. The van der Waals surface area contributed by atoms with E-state index in [1.165, 1.54) is 0 Å². The Morgan fingerprint density at radius 2 is 1.45 bits per heavy atom. The van der Waals surface area contributed by atoms with E-state index in [1.54, 1.807) is 0 Å². The van der Waals surface area contributed by atoms with Crippen molar-refractivity contribution in [3.8, 4) is 0 Å². The van der Waals surface area contributed by atoms with Gasteiger partial charge in [0.25, 0.3) is 0 Å². The second-order valence-electron chi connectivity index (χ2n) is 2.47. The molecular formula is C5H10N4O2. The van der Waals surface area contributed by atoms with Crippen LogP contribution in [-0.4, -0.2) is 24.1 Å². The molecule has 1 aliphatic carbocycles. The van der Waals surface area contributed by atoms with E-state index in [9.17, 15) is 9.59 Å². The average molecular weight is 158 g/mol. The normalized spacial score (nSPS) is 27.3. The zero-order valence-corrected chi connectivity index (χ0v) is 5.83. The molecule has 1 rings (SSSR count). The second-order valence-corrected chi connectivity index (χ2v) is 2.47. The van der Waals surface area contributed by atoms with Gasteiger partial charge in [0.2, 0.25) is 0 Å². The summed E-state index contributed by atoms with van der Waals surface area (Å²) in [4.78, 5) is 20.5. The lowest BCUT2D eigenvalue weighted by molar-refractivity contribution is 0.244. The molecule has 0 spiro atoms. The van der Waals surface area contributed by atoms with E-state index >= 15 is 0 Å². The maximum absolute atomic E-state index is 10.2. The van der Waals surface area contributed by atoms with Crippen LogP contribution in [0.1, 0.15) is 6.42 Å². The Bertz CT molecular complexity index is 173. The van der Waals surface area contributed by atoms with E-state index in [-0.39, 0.29) is 12.1 Å². The Labute approximate surface area is 63.3 Å². The van der Waals surface area contributed by atoms with Crippen molar-refractivity contribution in [1.29, 1.82) is 0 Å². The minimum absolute atomic E-state index is 0.0417. The molecule has 0 aliphatic heterocycles. The van der Waals surface area contributed by atoms with Crippen LogP contribution < -0.4 is 22.1 Å². The van der Waals surface area contributed by atoms with Crippen LogP contribution in [0.25, 0.3) is 0 Å². The van der Waals surface area contributed by atoms with Crippen LogP contribution in [0.4, 0.5) is 9.59 Å². The molecule has 2 atom stereocenters. The monoisotopic (exact) mass is 158 g/mol. The molecule has 6 N–H and O–H groups in total. The summed E-state index contributed by atoms with van der Waals surface area (Å²) in [7, 11) is 0. The van der Waals surface area contributed by atoms with Gasteiger partial charge in [0.1, 0.15) is 0 Å². The number of hydrogen-bond acceptors (Lipinski definition) is 2. The number of rotatable bonds is 2. The van der Waals surface area contributed by atoms with E-state index in [0.717, 1.165) is 0 Å². The molecule has 6 nitrogen and oxygen atoms in total. The third-order valence-corrected chi connectivity index (χ3v) is 1.45. The minimum atomic E-state index is -0.580. The SMILES string of the molecule is NC(=O)NC1CC1NC(N)=O. The van der Waals surface area contributed by atoms with Crippen molar-refractivity contribution in [2.24, 2.45) is 11.5 Å². The summed E-state index contributed by atoms with van der Waals surface area (Å²) in [6.07, 6.45) is 0.700. The zero-order chi connectivity index (χ0) is 8.43. The molecule has 1 fully saturated rings. The van der Waals surface area contributed by atoms with Crippen LogP contribution in [0.2, 0.25) is 0 Å². The first-order chi connectivity index (χ1) is 5.09. The van der Waals surface area contributed by atoms with Crippen molar-refractivity contribution in [3.05, 3.63) is 0 Å². The number of primary amides is 2. The standard InChI is InChI=1S/C5H10N4O2/c6-4(10)8-2-1-3(2)9-5(7)11/h2-3H,1H2,(H3,6,8,10)(H3,7,9,11). The lowest BCUT2D eigenvalue weighted by Gasteiger charge is -1.99. The number of nitrogens with two attached hydrogens (primary N) is 2. The fourth-order valence-electron chi connectivity index (χ4n) is 0.879. The minimum Gasteiger partial charge on any atom is -0.352 e. The highest BCUT2D eigenvalue weighted by molar-refractivity contribution is 5.74. The zero-order valence-electron chi connectivity index (χ0n) is 5.83. The Morgan fingerprint density at radius 1 is 1.09 bits per heavy atom. The molecule has 11 heavy (non-hydrogen) atoms. The molecule has 1 saturated carbocycles. The van der Waals surface area contributed by atoms with Crippen LogP contribution in [0.15, 0.2) is 0 Å². The molecule has 62 valence electrons. The van der Waals surface area contributed by atoms with Crippen LogP contribution in [-0.2, 0) is 0 Å². The third kappa shape index (κ3) is 2.32. The van der Waals surface area contributed by atoms with E-state index in [1.807, 2.05) is 0 Å². The number of carbonyl (C=O) groups excluding carboxylic acids is 2. The maximum atomic E-state index is 10.2. The first-order valence-electron chi connectivity index (χ1n) is 3.21. The van der Waals surface area contributed by atoms with Crippen LogP contribution in [0.3, 0.4) is 0 Å². The number of nitrogens with one attached hydrogen (secondary N) is 2. The molecular weight excluding hydrogens is 148 g/mol. The summed E-state index contributed by atoms with van der Waals surface area (Å²) in [5, 5.41) is 4.88. The Morgan fingerprint density at radius 3 is 1.73 bits per heavy atom. The van der Waals surface area contributed by atoms with Gasteiger partial charge in [0.05, 0.1) is 12.1 Å². The summed E-state index contributed by atoms with van der Waals surface area (Å²) >= 11 is 0. The highest BCUT2D eigenvalue weighted by Crippen LogP contribution is 2.20. The van der Waals surface area contributed by atoms with E-state index in [0.29, 0.717) is 6.42 Å². The first kappa shape index (κ1) is 7.64. The maximum Gasteiger partial charge on any atom is 0.312 e. The van der Waals surface area contributed by atoms with Gasteiger partial charge < -0.3 is 22.1 Å². The predicted octanol–water partition coefficient (Wildman–Crippen LogP) is -1.54. The summed E-state index contributed by atoms with van der Waals surface area (Å²) in [6, 6.07) is -1.24. The van der Waals surface area contributed by atoms with Gasteiger partial charge in [0, 0.05) is 0 Å². The quantitative estimate of drug-likeness (QED) is 0.390. The van der Waals surface area contributed by atoms with Gasteiger partial charge in [-0.2, -0.15) is 0 Å². The number of urea groups is 2. The highest BCUT2D eigenvalue weighted by Gasteiger charge is 2.38. The van der Waals surface area contributed by atoms with Gasteiger partial charge >= 0.3 is 12.1 Å². The molecule has 0 heterocycles. The molecule has 4 amide bonds. The summed E-state index contributed by atoms with van der Waals surface area (Å²) < 4.78 is 0. The Balaban J connectivity index is 2.16. The largest absolute Gasteiger partial charge is 0.352 e. The molecule has 6 heteroatoms. The third-order valence-electron chi connectivity index (χ3n) is 1.45. The van der Waals surface area contributed by atoms with Gasteiger partial charge in [-0.3, -0.25) is 0 Å². The molecule has 2 unspecified atom stereocenters. The van der Waals surface area contributed by atoms with E-state index in [4.69, 9.17) is 11.5 Å². The Kier molecular flexibility index (Phi) is 1.84. The van der Waals surface area contributed by atoms with Crippen molar-refractivity contribution in [2.45, 2.75) is 18.5 Å². The number of amides is 4. The van der Waals surface area contributed by atoms with Gasteiger partial charge in [-0.25, -0.2) is 9.59 Å². The highest BCUT2D eigenvalue weighted by atomic mass is 16.2. The molecule has 0 saturated heterocycles. The van der Waals surface area contributed by atoms with E-state index in [2.05, 4.69) is 10.6 Å². The number of carbonyl (C=O) groups is 2. The van der Waals surface area contributed by atoms with E-state index < -0.39 is 12.1 Å². The molecule has 0 radical (unpaired) electrons. The van der Waals surface area contributed by atoms with Gasteiger partial charge in [-0.15, -0.1) is 0 Å². The first-order valence-corrected chi connectivity index (χ1v) is 3.21. The molecule has 1 aliphatic rings. The second kappa shape index (κ2) is 2.65. The molecule has 0 aromatic carbocycles. The van der Waals surface area contributed by atoms with Crippen molar-refractivity contribution < 1.29 is 9.59 Å². The van der Waals surface area contributed by atoms with Gasteiger partial charge in [-0.1, -0.05) is 0 Å². The van der Waals surface area contributed by atoms with Crippen molar-refractivity contribution >= 4 is 12.1 Å². The lowest BCUT2D eigenvalue weighted by atomic mass is 10.6. The van der Waals surface area contributed by atoms with Gasteiger partial charge in [-0.05, 0) is 6.42 Å². The summed E-state index contributed by atoms with van der Waals surface area (Å²) in [5.74, 6) is 0. The van der Waals surface area contributed by atoms with Crippen LogP contribution in [0, 0.1) is 0 Å². The molecule has 0 aromatic rings. The van der Waals surface area contributed by atoms with Crippen molar-refractivity contribution in [1.82, 2.24) is 10.6 Å². The summed E-state index contributed by atoms with van der Waals surface area (Å²) in [5.41, 5.74) is 9.66. The molecule has 0 bridgehead atoms. The Hall–Kier alpha value is -1.46. The lowest BCUT2D eigenvalue weighted by Crippen LogP contribution is -2.39. The topological polar surface area (TPSA) is 110 Å².